The Balaban J connectivity index is 2.34. The lowest BCUT2D eigenvalue weighted by Crippen LogP contribution is -2.29. The molecule has 5 nitrogen and oxygen atoms in total. The smallest absolute Gasteiger partial charge is 0.274 e. The molecule has 2 aromatic rings. The molecule has 0 unspecified atom stereocenters. The van der Waals surface area contributed by atoms with Crippen LogP contribution in [0.2, 0.25) is 5.02 Å². The number of carbonyl (C=O) groups excluding carboxylic acids is 1. The standard InChI is InChI=1S/C12H12ClN3O2/c13-10-4-2-1-3-8(10)9-7-18-16-11(9)12(17)15-6-5-14/h1-4,7H,5-6,14H2,(H,15,17). The Morgan fingerprint density at radius 1 is 1.39 bits per heavy atom. The largest absolute Gasteiger partial charge is 0.363 e. The highest BCUT2D eigenvalue weighted by Crippen LogP contribution is 2.29. The summed E-state index contributed by atoms with van der Waals surface area (Å²) in [6, 6.07) is 7.18. The monoisotopic (exact) mass is 265 g/mol. The van der Waals surface area contributed by atoms with Crippen molar-refractivity contribution < 1.29 is 9.32 Å². The van der Waals surface area contributed by atoms with Crippen molar-refractivity contribution in [3.05, 3.63) is 41.2 Å². The van der Waals surface area contributed by atoms with Gasteiger partial charge in [-0.1, -0.05) is 35.0 Å². The first-order valence-electron chi connectivity index (χ1n) is 5.41. The van der Waals surface area contributed by atoms with E-state index in [0.29, 0.717) is 29.2 Å². The lowest BCUT2D eigenvalue weighted by Gasteiger charge is -2.04. The van der Waals surface area contributed by atoms with Gasteiger partial charge in [0.25, 0.3) is 5.91 Å². The molecule has 0 saturated carbocycles. The van der Waals surface area contributed by atoms with Crippen LogP contribution in [0, 0.1) is 0 Å². The lowest BCUT2D eigenvalue weighted by atomic mass is 10.1. The third-order valence-electron chi connectivity index (χ3n) is 2.38. The third kappa shape index (κ3) is 2.52. The van der Waals surface area contributed by atoms with Gasteiger partial charge >= 0.3 is 0 Å². The van der Waals surface area contributed by atoms with Crippen LogP contribution in [-0.4, -0.2) is 24.2 Å². The number of carbonyl (C=O) groups is 1. The number of amides is 1. The molecule has 1 aromatic heterocycles. The van der Waals surface area contributed by atoms with Gasteiger partial charge in [0.15, 0.2) is 5.69 Å². The normalized spacial score (nSPS) is 10.3. The Kier molecular flexibility index (Phi) is 3.96. The third-order valence-corrected chi connectivity index (χ3v) is 2.71. The number of nitrogens with one attached hydrogen (secondary N) is 1. The molecule has 0 saturated heterocycles. The van der Waals surface area contributed by atoms with Crippen LogP contribution in [-0.2, 0) is 0 Å². The van der Waals surface area contributed by atoms with Gasteiger partial charge in [0.1, 0.15) is 6.26 Å². The van der Waals surface area contributed by atoms with Gasteiger partial charge in [-0.25, -0.2) is 0 Å². The zero-order valence-corrected chi connectivity index (χ0v) is 10.3. The zero-order chi connectivity index (χ0) is 13.0. The minimum atomic E-state index is -0.330. The molecule has 6 heteroatoms. The van der Waals surface area contributed by atoms with Crippen molar-refractivity contribution in [3.63, 3.8) is 0 Å². The maximum Gasteiger partial charge on any atom is 0.274 e. The van der Waals surface area contributed by atoms with E-state index in [0.717, 1.165) is 0 Å². The Morgan fingerprint density at radius 2 is 2.17 bits per heavy atom. The number of rotatable bonds is 4. The van der Waals surface area contributed by atoms with Crippen LogP contribution < -0.4 is 11.1 Å². The van der Waals surface area contributed by atoms with Crippen LogP contribution in [0.25, 0.3) is 11.1 Å². The maximum absolute atomic E-state index is 11.8. The molecule has 1 aromatic carbocycles. The van der Waals surface area contributed by atoms with Crippen molar-refractivity contribution in [2.75, 3.05) is 13.1 Å². The Morgan fingerprint density at radius 3 is 2.89 bits per heavy atom. The van der Waals surface area contributed by atoms with Gasteiger partial charge in [-0.2, -0.15) is 0 Å². The molecule has 0 fully saturated rings. The molecule has 0 aliphatic heterocycles. The van der Waals surface area contributed by atoms with E-state index in [1.165, 1.54) is 6.26 Å². The molecule has 0 radical (unpaired) electrons. The van der Waals surface area contributed by atoms with Gasteiger partial charge in [0.2, 0.25) is 0 Å². The summed E-state index contributed by atoms with van der Waals surface area (Å²) in [5, 5.41) is 6.87. The van der Waals surface area contributed by atoms with E-state index in [1.54, 1.807) is 12.1 Å². The lowest BCUT2D eigenvalue weighted by molar-refractivity contribution is 0.0946. The van der Waals surface area contributed by atoms with Gasteiger partial charge < -0.3 is 15.6 Å². The Labute approximate surface area is 109 Å². The van der Waals surface area contributed by atoms with Crippen molar-refractivity contribution in [2.24, 2.45) is 5.73 Å². The van der Waals surface area contributed by atoms with Gasteiger partial charge in [-0.05, 0) is 6.07 Å². The highest BCUT2D eigenvalue weighted by Gasteiger charge is 2.18. The molecule has 0 aliphatic rings. The van der Waals surface area contributed by atoms with Crippen molar-refractivity contribution in [3.8, 4) is 11.1 Å². The Hall–Kier alpha value is -1.85. The molecule has 2 rings (SSSR count). The predicted octanol–water partition coefficient (Wildman–Crippen LogP) is 1.68. The SMILES string of the molecule is NCCNC(=O)c1nocc1-c1ccccc1Cl. The topological polar surface area (TPSA) is 81.1 Å². The minimum Gasteiger partial charge on any atom is -0.363 e. The first-order chi connectivity index (χ1) is 8.74. The second-order valence-electron chi connectivity index (χ2n) is 3.60. The maximum atomic E-state index is 11.8. The van der Waals surface area contributed by atoms with Crippen LogP contribution in [0.5, 0.6) is 0 Å². The van der Waals surface area contributed by atoms with E-state index in [4.69, 9.17) is 21.9 Å². The van der Waals surface area contributed by atoms with Crippen molar-refractivity contribution in [1.29, 1.82) is 0 Å². The molecule has 0 aliphatic carbocycles. The highest BCUT2D eigenvalue weighted by atomic mass is 35.5. The number of benzene rings is 1. The van der Waals surface area contributed by atoms with Gasteiger partial charge in [0, 0.05) is 23.7 Å². The summed E-state index contributed by atoms with van der Waals surface area (Å²) in [5.74, 6) is -0.330. The fourth-order valence-corrected chi connectivity index (χ4v) is 1.78. The van der Waals surface area contributed by atoms with Crippen molar-refractivity contribution in [1.82, 2.24) is 10.5 Å². The van der Waals surface area contributed by atoms with E-state index in [9.17, 15) is 4.79 Å². The quantitative estimate of drug-likeness (QED) is 0.881. The second-order valence-corrected chi connectivity index (χ2v) is 4.01. The number of hydrogen-bond acceptors (Lipinski definition) is 4. The molecular weight excluding hydrogens is 254 g/mol. The molecule has 0 bridgehead atoms. The molecule has 1 amide bonds. The number of hydrogen-bond donors (Lipinski definition) is 2. The van der Waals surface area contributed by atoms with Crippen molar-refractivity contribution >= 4 is 17.5 Å². The van der Waals surface area contributed by atoms with Crippen LogP contribution >= 0.6 is 11.6 Å². The number of aromatic nitrogens is 1. The summed E-state index contributed by atoms with van der Waals surface area (Å²) in [7, 11) is 0. The van der Waals surface area contributed by atoms with Gasteiger partial charge in [0.05, 0.1) is 5.56 Å². The average molecular weight is 266 g/mol. The molecule has 94 valence electrons. The highest BCUT2D eigenvalue weighted by molar-refractivity contribution is 6.33. The van der Waals surface area contributed by atoms with Gasteiger partial charge in [-0.15, -0.1) is 0 Å². The molecule has 18 heavy (non-hydrogen) atoms. The van der Waals surface area contributed by atoms with Crippen molar-refractivity contribution in [2.45, 2.75) is 0 Å². The van der Waals surface area contributed by atoms with E-state index in [2.05, 4.69) is 10.5 Å². The summed E-state index contributed by atoms with van der Waals surface area (Å²) in [6.45, 7) is 0.749. The minimum absolute atomic E-state index is 0.205. The van der Waals surface area contributed by atoms with Crippen LogP contribution in [0.4, 0.5) is 0 Å². The zero-order valence-electron chi connectivity index (χ0n) is 9.52. The molecule has 1 heterocycles. The van der Waals surface area contributed by atoms with E-state index >= 15 is 0 Å². The number of halogens is 1. The van der Waals surface area contributed by atoms with E-state index in [1.807, 2.05) is 12.1 Å². The Bertz CT molecular complexity index is 554. The molecule has 0 atom stereocenters. The summed E-state index contributed by atoms with van der Waals surface area (Å²) in [6.07, 6.45) is 1.40. The van der Waals surface area contributed by atoms with Crippen LogP contribution in [0.1, 0.15) is 10.5 Å². The molecule has 3 N–H and O–H groups in total. The van der Waals surface area contributed by atoms with E-state index in [-0.39, 0.29) is 11.6 Å². The summed E-state index contributed by atoms with van der Waals surface area (Å²) in [5.41, 5.74) is 6.80. The predicted molar refractivity (Wildman–Crippen MR) is 68.3 cm³/mol. The number of nitrogens with zero attached hydrogens (tertiary/aromatic N) is 1. The average Bonchev–Trinajstić information content (AvgIpc) is 2.85. The first kappa shape index (κ1) is 12.6. The second kappa shape index (κ2) is 5.66. The fourth-order valence-electron chi connectivity index (χ4n) is 1.54. The molecule has 0 spiro atoms. The first-order valence-corrected chi connectivity index (χ1v) is 5.79. The summed E-state index contributed by atoms with van der Waals surface area (Å²) >= 11 is 6.08. The van der Waals surface area contributed by atoms with Gasteiger partial charge in [-0.3, -0.25) is 4.79 Å². The van der Waals surface area contributed by atoms with E-state index < -0.39 is 0 Å². The molecular formula is C12H12ClN3O2. The van der Waals surface area contributed by atoms with Crippen LogP contribution in [0.15, 0.2) is 35.1 Å². The summed E-state index contributed by atoms with van der Waals surface area (Å²) in [4.78, 5) is 11.8. The number of nitrogens with two attached hydrogens (primary N) is 1. The summed E-state index contributed by atoms with van der Waals surface area (Å²) < 4.78 is 4.86. The van der Waals surface area contributed by atoms with Crippen LogP contribution in [0.3, 0.4) is 0 Å². The fraction of sp³-hybridized carbons (Fsp3) is 0.167.